The molecule has 2 aliphatic heterocycles. The average Bonchev–Trinajstić information content (AvgIpc) is 2.92. The lowest BCUT2D eigenvalue weighted by molar-refractivity contribution is -0.0461. The number of aromatic amines is 1. The van der Waals surface area contributed by atoms with E-state index in [0.717, 1.165) is 25.4 Å². The van der Waals surface area contributed by atoms with Crippen LogP contribution in [0, 0.1) is 6.92 Å². The summed E-state index contributed by atoms with van der Waals surface area (Å²) < 4.78 is 5.79. The molecule has 2 N–H and O–H groups in total. The highest BCUT2D eigenvalue weighted by molar-refractivity contribution is 5.93. The molecule has 0 radical (unpaired) electrons. The summed E-state index contributed by atoms with van der Waals surface area (Å²) in [6.07, 6.45) is 3.90. The van der Waals surface area contributed by atoms with E-state index in [1.165, 1.54) is 25.1 Å². The fourth-order valence-electron chi connectivity index (χ4n) is 3.06. The molecule has 1 aromatic rings. The van der Waals surface area contributed by atoms with Crippen LogP contribution in [-0.4, -0.2) is 54.2 Å². The third kappa shape index (κ3) is 3.16. The van der Waals surface area contributed by atoms with Gasteiger partial charge in [-0.2, -0.15) is 0 Å². The predicted octanol–water partition coefficient (Wildman–Crippen LogP) is 0.276. The van der Waals surface area contributed by atoms with Crippen molar-refractivity contribution in [2.45, 2.75) is 31.9 Å². The van der Waals surface area contributed by atoms with Crippen LogP contribution >= 0.6 is 0 Å². The Bertz CT molecular complexity index is 584. The summed E-state index contributed by atoms with van der Waals surface area (Å²) in [6.45, 7) is 4.94. The van der Waals surface area contributed by atoms with Crippen molar-refractivity contribution < 1.29 is 9.53 Å². The number of nitrogens with one attached hydrogen (secondary N) is 2. The maximum atomic E-state index is 12.0. The number of aromatic nitrogens is 1. The lowest BCUT2D eigenvalue weighted by atomic mass is 10.2. The van der Waals surface area contributed by atoms with Crippen molar-refractivity contribution in [2.75, 3.05) is 26.2 Å². The van der Waals surface area contributed by atoms with Gasteiger partial charge in [0.25, 0.3) is 5.91 Å². The van der Waals surface area contributed by atoms with Gasteiger partial charge in [-0.3, -0.25) is 14.5 Å². The molecule has 2 fully saturated rings. The summed E-state index contributed by atoms with van der Waals surface area (Å²) >= 11 is 0. The minimum absolute atomic E-state index is 0.00725. The van der Waals surface area contributed by atoms with Crippen molar-refractivity contribution in [3.8, 4) is 0 Å². The molecule has 1 amide bonds. The van der Waals surface area contributed by atoms with Crippen LogP contribution in [0.25, 0.3) is 0 Å². The number of ether oxygens (including phenoxy) is 1. The molecule has 21 heavy (non-hydrogen) atoms. The Labute approximate surface area is 123 Å². The first-order chi connectivity index (χ1) is 10.1. The molecule has 2 unspecified atom stereocenters. The van der Waals surface area contributed by atoms with Gasteiger partial charge in [0.15, 0.2) is 5.43 Å². The molecule has 0 spiro atoms. The minimum atomic E-state index is -0.344. The van der Waals surface area contributed by atoms with Crippen LogP contribution in [0.5, 0.6) is 0 Å². The van der Waals surface area contributed by atoms with Gasteiger partial charge in [0, 0.05) is 37.1 Å². The SMILES string of the molecule is Cc1cc(=O)c(C(=O)NCC2CN3CCCC3CO2)c[nH]1. The Morgan fingerprint density at radius 2 is 2.43 bits per heavy atom. The van der Waals surface area contributed by atoms with Crippen molar-refractivity contribution in [1.29, 1.82) is 0 Å². The number of aryl methyl sites for hydroxylation is 1. The second-order valence-corrected chi connectivity index (χ2v) is 5.85. The molecular weight excluding hydrogens is 270 g/mol. The van der Waals surface area contributed by atoms with Crippen molar-refractivity contribution in [1.82, 2.24) is 15.2 Å². The molecule has 0 saturated carbocycles. The smallest absolute Gasteiger partial charge is 0.256 e. The van der Waals surface area contributed by atoms with Crippen LogP contribution in [-0.2, 0) is 4.74 Å². The molecular formula is C15H21N3O3. The number of H-pyrrole nitrogens is 1. The van der Waals surface area contributed by atoms with Gasteiger partial charge in [0.2, 0.25) is 0 Å². The maximum Gasteiger partial charge on any atom is 0.256 e. The molecule has 2 aliphatic rings. The van der Waals surface area contributed by atoms with Gasteiger partial charge in [-0.1, -0.05) is 0 Å². The number of amides is 1. The van der Waals surface area contributed by atoms with Crippen LogP contribution in [0.1, 0.15) is 28.9 Å². The maximum absolute atomic E-state index is 12.0. The zero-order chi connectivity index (χ0) is 14.8. The summed E-state index contributed by atoms with van der Waals surface area (Å²) in [5, 5.41) is 2.80. The number of nitrogens with zero attached hydrogens (tertiary/aromatic N) is 1. The molecule has 114 valence electrons. The number of hydrogen-bond acceptors (Lipinski definition) is 4. The first kappa shape index (κ1) is 14.3. The van der Waals surface area contributed by atoms with Gasteiger partial charge < -0.3 is 15.0 Å². The number of morpholine rings is 1. The first-order valence-electron chi connectivity index (χ1n) is 7.46. The van der Waals surface area contributed by atoms with Crippen LogP contribution < -0.4 is 10.7 Å². The fraction of sp³-hybridized carbons (Fsp3) is 0.600. The van der Waals surface area contributed by atoms with Gasteiger partial charge in [-0.25, -0.2) is 0 Å². The Kier molecular flexibility index (Phi) is 4.07. The van der Waals surface area contributed by atoms with E-state index in [9.17, 15) is 9.59 Å². The van der Waals surface area contributed by atoms with Crippen LogP contribution in [0.4, 0.5) is 0 Å². The molecule has 0 aromatic carbocycles. The van der Waals surface area contributed by atoms with E-state index in [0.29, 0.717) is 12.6 Å². The molecule has 6 nitrogen and oxygen atoms in total. The zero-order valence-corrected chi connectivity index (χ0v) is 12.2. The first-order valence-corrected chi connectivity index (χ1v) is 7.46. The largest absolute Gasteiger partial charge is 0.373 e. The lowest BCUT2D eigenvalue weighted by Crippen LogP contribution is -2.50. The second kappa shape index (κ2) is 5.99. The molecule has 2 saturated heterocycles. The third-order valence-electron chi connectivity index (χ3n) is 4.25. The number of carbonyl (C=O) groups excluding carboxylic acids is 1. The lowest BCUT2D eigenvalue weighted by Gasteiger charge is -2.35. The van der Waals surface area contributed by atoms with E-state index in [2.05, 4.69) is 15.2 Å². The molecule has 3 heterocycles. The van der Waals surface area contributed by atoms with E-state index in [-0.39, 0.29) is 23.0 Å². The standard InChI is InChI=1S/C15H21N3O3/c1-10-5-14(19)13(7-16-10)15(20)17-6-12-8-18-4-2-3-11(18)9-21-12/h5,7,11-12H,2-4,6,8-9H2,1H3,(H,16,19)(H,17,20). The predicted molar refractivity (Wildman–Crippen MR) is 78.5 cm³/mol. The topological polar surface area (TPSA) is 74.4 Å². The van der Waals surface area contributed by atoms with Gasteiger partial charge in [-0.05, 0) is 26.3 Å². The van der Waals surface area contributed by atoms with Crippen LogP contribution in [0.3, 0.4) is 0 Å². The molecule has 2 atom stereocenters. The van der Waals surface area contributed by atoms with E-state index in [1.54, 1.807) is 6.92 Å². The van der Waals surface area contributed by atoms with Crippen molar-refractivity contribution in [3.63, 3.8) is 0 Å². The normalized spacial score (nSPS) is 25.6. The molecule has 6 heteroatoms. The Morgan fingerprint density at radius 3 is 3.24 bits per heavy atom. The highest BCUT2D eigenvalue weighted by Crippen LogP contribution is 2.22. The number of fused-ring (bicyclic) bond motifs is 1. The monoisotopic (exact) mass is 291 g/mol. The number of carbonyl (C=O) groups is 1. The number of rotatable bonds is 3. The fourth-order valence-corrected chi connectivity index (χ4v) is 3.06. The van der Waals surface area contributed by atoms with E-state index >= 15 is 0 Å². The number of pyridine rings is 1. The summed E-state index contributed by atoms with van der Waals surface area (Å²) in [5.74, 6) is -0.344. The second-order valence-electron chi connectivity index (χ2n) is 5.85. The summed E-state index contributed by atoms with van der Waals surface area (Å²) in [4.78, 5) is 29.1. The third-order valence-corrected chi connectivity index (χ3v) is 4.25. The van der Waals surface area contributed by atoms with Gasteiger partial charge in [0.05, 0.1) is 12.7 Å². The summed E-state index contributed by atoms with van der Waals surface area (Å²) in [6, 6.07) is 1.98. The molecule has 1 aromatic heterocycles. The van der Waals surface area contributed by atoms with Gasteiger partial charge in [-0.15, -0.1) is 0 Å². The van der Waals surface area contributed by atoms with E-state index in [4.69, 9.17) is 4.74 Å². The molecule has 0 bridgehead atoms. The Morgan fingerprint density at radius 1 is 1.57 bits per heavy atom. The van der Waals surface area contributed by atoms with Crippen molar-refractivity contribution in [2.24, 2.45) is 0 Å². The number of hydrogen-bond donors (Lipinski definition) is 2. The Hall–Kier alpha value is -1.66. The minimum Gasteiger partial charge on any atom is -0.373 e. The Balaban J connectivity index is 1.55. The summed E-state index contributed by atoms with van der Waals surface area (Å²) in [5.41, 5.74) is 0.635. The highest BCUT2D eigenvalue weighted by atomic mass is 16.5. The van der Waals surface area contributed by atoms with Crippen molar-refractivity contribution in [3.05, 3.63) is 33.7 Å². The zero-order valence-electron chi connectivity index (χ0n) is 12.2. The van der Waals surface area contributed by atoms with Crippen molar-refractivity contribution >= 4 is 5.91 Å². The van der Waals surface area contributed by atoms with Gasteiger partial charge in [0.1, 0.15) is 5.56 Å². The van der Waals surface area contributed by atoms with Gasteiger partial charge >= 0.3 is 0 Å². The molecule has 3 rings (SSSR count). The van der Waals surface area contributed by atoms with E-state index < -0.39 is 0 Å². The van der Waals surface area contributed by atoms with E-state index in [1.807, 2.05) is 0 Å². The highest BCUT2D eigenvalue weighted by Gasteiger charge is 2.32. The average molecular weight is 291 g/mol. The quantitative estimate of drug-likeness (QED) is 0.838. The molecule has 0 aliphatic carbocycles. The van der Waals surface area contributed by atoms with Crippen LogP contribution in [0.2, 0.25) is 0 Å². The van der Waals surface area contributed by atoms with Crippen LogP contribution in [0.15, 0.2) is 17.1 Å². The summed E-state index contributed by atoms with van der Waals surface area (Å²) in [7, 11) is 0.